The predicted octanol–water partition coefficient (Wildman–Crippen LogP) is 4.72. The second kappa shape index (κ2) is 6.84. The molecule has 0 spiro atoms. The summed E-state index contributed by atoms with van der Waals surface area (Å²) in [5.74, 6) is 1.000. The molecule has 146 valence electrons. The molecule has 3 heterocycles. The second-order valence-corrected chi connectivity index (χ2v) is 10.2. The summed E-state index contributed by atoms with van der Waals surface area (Å²) in [4.78, 5) is 12.4. The highest BCUT2D eigenvalue weighted by atomic mass is 15.4. The van der Waals surface area contributed by atoms with E-state index >= 15 is 0 Å². The highest BCUT2D eigenvalue weighted by molar-refractivity contribution is 6.02. The molecule has 3 rings (SSSR count). The van der Waals surface area contributed by atoms with Crippen molar-refractivity contribution in [1.82, 2.24) is 9.97 Å². The molecule has 0 atom stereocenters. The van der Waals surface area contributed by atoms with E-state index in [0.717, 1.165) is 31.6 Å². The minimum absolute atomic E-state index is 0.0140. The molecule has 0 fully saturated rings. The molecule has 2 aliphatic rings. The monoisotopic (exact) mass is 368 g/mol. The lowest BCUT2D eigenvalue weighted by Crippen LogP contribution is -2.30. The maximum Gasteiger partial charge on any atom is 0.186 e. The summed E-state index contributed by atoms with van der Waals surface area (Å²) in [5, 5.41) is 4.95. The van der Waals surface area contributed by atoms with E-state index in [-0.39, 0.29) is 16.2 Å². The lowest BCUT2D eigenvalue weighted by atomic mass is 9.78. The SMILES string of the molecule is CC(C)(C)C1=CN=C(CC(C)(C)C2=N[N+](CC(C)(C)c3ncc[nH]3)=CC2)C1. The molecule has 0 aromatic carbocycles. The number of hydrazone groups is 1. The van der Waals surface area contributed by atoms with Crippen LogP contribution in [0.1, 0.15) is 73.6 Å². The molecule has 2 aliphatic heterocycles. The van der Waals surface area contributed by atoms with Gasteiger partial charge in [0.25, 0.3) is 0 Å². The van der Waals surface area contributed by atoms with Crippen LogP contribution >= 0.6 is 0 Å². The van der Waals surface area contributed by atoms with Crippen molar-refractivity contribution >= 4 is 17.6 Å². The molecular formula is C22H34N5+. The number of rotatable bonds is 6. The van der Waals surface area contributed by atoms with Gasteiger partial charge in [-0.05, 0) is 36.4 Å². The quantitative estimate of drug-likeness (QED) is 0.726. The smallest absolute Gasteiger partial charge is 0.186 e. The molecule has 1 N–H and O–H groups in total. The molecule has 0 saturated heterocycles. The van der Waals surface area contributed by atoms with Gasteiger partial charge in [0.05, 0.1) is 11.8 Å². The molecule has 0 aliphatic carbocycles. The van der Waals surface area contributed by atoms with Crippen LogP contribution in [0.2, 0.25) is 0 Å². The van der Waals surface area contributed by atoms with Crippen molar-refractivity contribution in [3.05, 3.63) is 30.0 Å². The summed E-state index contributed by atoms with van der Waals surface area (Å²) < 4.78 is 2.09. The molecule has 1 aromatic rings. The Morgan fingerprint density at radius 1 is 1.07 bits per heavy atom. The maximum atomic E-state index is 4.95. The van der Waals surface area contributed by atoms with Crippen LogP contribution in [0.15, 0.2) is 34.3 Å². The standard InChI is InChI=1S/C22H34N5/c1-20(2,3)16-12-17(25-14-16)13-21(4,5)18-8-11-27(26-18)15-22(6,7)19-23-9-10-24-19/h9-11,14H,8,12-13,15H2,1-7H3,(H,23,24)/q+1. The number of imidazole rings is 1. The number of nitrogens with zero attached hydrogens (tertiary/aromatic N) is 4. The van der Waals surface area contributed by atoms with Crippen LogP contribution in [-0.4, -0.2) is 38.8 Å². The van der Waals surface area contributed by atoms with E-state index in [1.165, 1.54) is 17.0 Å². The van der Waals surface area contributed by atoms with Gasteiger partial charge in [0.15, 0.2) is 12.8 Å². The Balaban J connectivity index is 1.63. The van der Waals surface area contributed by atoms with Crippen LogP contribution in [0.4, 0.5) is 0 Å². The largest absolute Gasteiger partial charge is 0.348 e. The van der Waals surface area contributed by atoms with Crippen LogP contribution in [0.25, 0.3) is 0 Å². The van der Waals surface area contributed by atoms with Crippen LogP contribution < -0.4 is 0 Å². The first-order chi connectivity index (χ1) is 12.5. The summed E-state index contributed by atoms with van der Waals surface area (Å²) in [7, 11) is 0. The molecule has 5 nitrogen and oxygen atoms in total. The van der Waals surface area contributed by atoms with E-state index in [2.05, 4.69) is 75.5 Å². The third kappa shape index (κ3) is 4.45. The lowest BCUT2D eigenvalue weighted by Gasteiger charge is -2.24. The Kier molecular flexibility index (Phi) is 5.00. The summed E-state index contributed by atoms with van der Waals surface area (Å²) in [6, 6.07) is 0. The van der Waals surface area contributed by atoms with Gasteiger partial charge in [-0.3, -0.25) is 4.99 Å². The molecule has 0 bridgehead atoms. The van der Waals surface area contributed by atoms with Gasteiger partial charge in [0, 0.05) is 36.1 Å². The zero-order chi connectivity index (χ0) is 19.9. The van der Waals surface area contributed by atoms with E-state index in [9.17, 15) is 0 Å². The zero-order valence-electron chi connectivity index (χ0n) is 17.9. The van der Waals surface area contributed by atoms with E-state index < -0.39 is 0 Å². The van der Waals surface area contributed by atoms with Crippen molar-refractivity contribution in [3.8, 4) is 0 Å². The van der Waals surface area contributed by atoms with Gasteiger partial charge >= 0.3 is 0 Å². The van der Waals surface area contributed by atoms with Crippen molar-refractivity contribution in [2.24, 2.45) is 20.9 Å². The summed E-state index contributed by atoms with van der Waals surface area (Å²) in [6.45, 7) is 16.6. The molecule has 0 amide bonds. The highest BCUT2D eigenvalue weighted by Crippen LogP contribution is 2.35. The Labute approximate surface area is 163 Å². The molecule has 27 heavy (non-hydrogen) atoms. The Morgan fingerprint density at radius 2 is 1.81 bits per heavy atom. The molecule has 0 unspecified atom stereocenters. The number of aliphatic imine (C=N–C) groups is 1. The normalized spacial score (nSPS) is 18.3. The predicted molar refractivity (Wildman–Crippen MR) is 113 cm³/mol. The third-order valence-electron chi connectivity index (χ3n) is 5.63. The molecular weight excluding hydrogens is 334 g/mol. The van der Waals surface area contributed by atoms with Crippen LogP contribution in [0, 0.1) is 10.8 Å². The average molecular weight is 369 g/mol. The van der Waals surface area contributed by atoms with Gasteiger partial charge in [-0.1, -0.05) is 39.3 Å². The Bertz CT molecular complexity index is 811. The Morgan fingerprint density at radius 3 is 2.41 bits per heavy atom. The fraction of sp³-hybridized carbons (Fsp3) is 0.636. The topological polar surface area (TPSA) is 56.4 Å². The minimum Gasteiger partial charge on any atom is -0.348 e. The lowest BCUT2D eigenvalue weighted by molar-refractivity contribution is -0.535. The number of aromatic amines is 1. The second-order valence-electron chi connectivity index (χ2n) is 10.2. The van der Waals surface area contributed by atoms with E-state index in [1.807, 2.05) is 12.4 Å². The van der Waals surface area contributed by atoms with Gasteiger partial charge in [0.1, 0.15) is 11.5 Å². The summed E-state index contributed by atoms with van der Waals surface area (Å²) in [6.07, 6.45) is 10.8. The van der Waals surface area contributed by atoms with Crippen molar-refractivity contribution in [3.63, 3.8) is 0 Å². The fourth-order valence-electron chi connectivity index (χ4n) is 3.71. The van der Waals surface area contributed by atoms with Gasteiger partial charge in [-0.2, -0.15) is 0 Å². The van der Waals surface area contributed by atoms with Crippen molar-refractivity contribution < 1.29 is 4.68 Å². The highest BCUT2D eigenvalue weighted by Gasteiger charge is 2.37. The van der Waals surface area contributed by atoms with Crippen LogP contribution in [-0.2, 0) is 5.41 Å². The summed E-state index contributed by atoms with van der Waals surface area (Å²) in [5.41, 5.74) is 4.08. The molecule has 0 radical (unpaired) electrons. The van der Waals surface area contributed by atoms with Crippen LogP contribution in [0.5, 0.6) is 0 Å². The first kappa shape index (κ1) is 19.7. The number of allylic oxidation sites excluding steroid dienone is 1. The van der Waals surface area contributed by atoms with Crippen LogP contribution in [0.3, 0.4) is 0 Å². The van der Waals surface area contributed by atoms with E-state index in [4.69, 9.17) is 10.1 Å². The number of aromatic nitrogens is 2. The summed E-state index contributed by atoms with van der Waals surface area (Å²) >= 11 is 0. The zero-order valence-corrected chi connectivity index (χ0v) is 17.9. The van der Waals surface area contributed by atoms with Gasteiger partial charge < -0.3 is 4.98 Å². The van der Waals surface area contributed by atoms with Gasteiger partial charge in [-0.25, -0.2) is 4.98 Å². The van der Waals surface area contributed by atoms with Gasteiger partial charge in [-0.15, -0.1) is 0 Å². The van der Waals surface area contributed by atoms with Crippen molar-refractivity contribution in [2.45, 2.75) is 73.1 Å². The average Bonchev–Trinajstić information content (AvgIpc) is 3.27. The fourth-order valence-corrected chi connectivity index (χ4v) is 3.71. The van der Waals surface area contributed by atoms with E-state index in [1.54, 1.807) is 0 Å². The molecule has 5 heteroatoms. The van der Waals surface area contributed by atoms with Crippen molar-refractivity contribution in [1.29, 1.82) is 0 Å². The minimum atomic E-state index is -0.0792. The van der Waals surface area contributed by atoms with Crippen molar-refractivity contribution in [2.75, 3.05) is 6.54 Å². The first-order valence-electron chi connectivity index (χ1n) is 9.90. The number of hydrogen-bond acceptors (Lipinski definition) is 3. The van der Waals surface area contributed by atoms with Gasteiger partial charge in [0.2, 0.25) is 0 Å². The Hall–Kier alpha value is -2.04. The first-order valence-corrected chi connectivity index (χ1v) is 9.90. The maximum absolute atomic E-state index is 4.95. The van der Waals surface area contributed by atoms with E-state index in [0.29, 0.717) is 0 Å². The molecule has 1 aromatic heterocycles. The number of hydrogen-bond donors (Lipinski definition) is 1. The molecule has 0 saturated carbocycles. The third-order valence-corrected chi connectivity index (χ3v) is 5.63. The number of H-pyrrole nitrogens is 1. The number of nitrogens with one attached hydrogen (secondary N) is 1.